The Balaban J connectivity index is 2.33. The summed E-state index contributed by atoms with van der Waals surface area (Å²) in [5, 5.41) is 25.9. The van der Waals surface area contributed by atoms with E-state index in [1.54, 1.807) is 0 Å². The molecule has 1 aromatic heterocycles. The number of hydrogen-bond acceptors (Lipinski definition) is 5. The molecule has 1 amide bonds. The normalized spacial score (nSPS) is 12.1. The molecular weight excluding hydrogens is 240 g/mol. The summed E-state index contributed by atoms with van der Waals surface area (Å²) < 4.78 is 1.20. The van der Waals surface area contributed by atoms with Gasteiger partial charge < -0.3 is 20.5 Å². The van der Waals surface area contributed by atoms with Crippen LogP contribution >= 0.6 is 0 Å². The van der Waals surface area contributed by atoms with E-state index in [9.17, 15) is 20.0 Å². The van der Waals surface area contributed by atoms with Crippen LogP contribution in [0.25, 0.3) is 0 Å². The van der Waals surface area contributed by atoms with Crippen molar-refractivity contribution in [3.8, 4) is 0 Å². The quantitative estimate of drug-likeness (QED) is 0.529. The second kappa shape index (κ2) is 6.70. The van der Waals surface area contributed by atoms with Gasteiger partial charge in [-0.1, -0.05) is 6.92 Å². The van der Waals surface area contributed by atoms with Gasteiger partial charge in [-0.05, 0) is 17.8 Å². The van der Waals surface area contributed by atoms with E-state index in [-0.39, 0.29) is 18.3 Å². The van der Waals surface area contributed by atoms with E-state index in [0.717, 1.165) is 0 Å². The summed E-state index contributed by atoms with van der Waals surface area (Å²) in [5.74, 6) is -0.583. The van der Waals surface area contributed by atoms with Crippen molar-refractivity contribution in [2.24, 2.45) is 0 Å². The maximum absolute atomic E-state index is 11.4. The van der Waals surface area contributed by atoms with Gasteiger partial charge in [-0.25, -0.2) is 0 Å². The number of aliphatic hydroxyl groups excluding tert-OH is 1. The van der Waals surface area contributed by atoms with Crippen LogP contribution in [-0.4, -0.2) is 38.4 Å². The Morgan fingerprint density at radius 3 is 3.00 bits per heavy atom. The molecule has 1 rings (SSSR count). The molecule has 1 unspecified atom stereocenters. The molecule has 1 atom stereocenters. The summed E-state index contributed by atoms with van der Waals surface area (Å²) in [6.07, 6.45) is 2.08. The standard InChI is InChI=1S/C10H16N4O4/c1-2-8(15)3-5-11-10(16)7-13-6-4-9(12-13)14(17)18/h4,6,8,15H,2-3,5,7H2,1H3,(H,11,16). The number of rotatable bonds is 7. The molecule has 0 spiro atoms. The van der Waals surface area contributed by atoms with E-state index in [1.807, 2.05) is 6.92 Å². The third kappa shape index (κ3) is 4.50. The molecule has 0 fully saturated rings. The molecule has 8 nitrogen and oxygen atoms in total. The highest BCUT2D eigenvalue weighted by Crippen LogP contribution is 2.04. The lowest BCUT2D eigenvalue weighted by atomic mass is 10.2. The van der Waals surface area contributed by atoms with Crippen LogP contribution < -0.4 is 5.32 Å². The molecule has 1 heterocycles. The predicted molar refractivity (Wildman–Crippen MR) is 62.8 cm³/mol. The zero-order valence-corrected chi connectivity index (χ0v) is 10.1. The number of nitrogens with one attached hydrogen (secondary N) is 1. The van der Waals surface area contributed by atoms with Gasteiger partial charge in [0.05, 0.1) is 23.5 Å². The summed E-state index contributed by atoms with van der Waals surface area (Å²) in [7, 11) is 0. The molecule has 2 N–H and O–H groups in total. The molecule has 18 heavy (non-hydrogen) atoms. The van der Waals surface area contributed by atoms with E-state index in [0.29, 0.717) is 19.4 Å². The minimum Gasteiger partial charge on any atom is -0.393 e. The van der Waals surface area contributed by atoms with Crippen LogP contribution in [0.15, 0.2) is 12.3 Å². The Morgan fingerprint density at radius 2 is 2.44 bits per heavy atom. The summed E-state index contributed by atoms with van der Waals surface area (Å²) in [4.78, 5) is 21.2. The second-order valence-electron chi connectivity index (χ2n) is 3.83. The van der Waals surface area contributed by atoms with Crippen LogP contribution in [0.4, 0.5) is 5.82 Å². The zero-order valence-electron chi connectivity index (χ0n) is 10.1. The fourth-order valence-electron chi connectivity index (χ4n) is 1.32. The summed E-state index contributed by atoms with van der Waals surface area (Å²) >= 11 is 0. The van der Waals surface area contributed by atoms with Crippen LogP contribution in [-0.2, 0) is 11.3 Å². The Bertz CT molecular complexity index is 418. The van der Waals surface area contributed by atoms with Crippen molar-refractivity contribution in [1.29, 1.82) is 0 Å². The molecule has 0 aliphatic rings. The molecular formula is C10H16N4O4. The van der Waals surface area contributed by atoms with Gasteiger partial charge in [-0.2, -0.15) is 4.68 Å². The maximum Gasteiger partial charge on any atom is 0.389 e. The van der Waals surface area contributed by atoms with E-state index >= 15 is 0 Å². The Hall–Kier alpha value is -1.96. The number of aliphatic hydroxyl groups is 1. The zero-order chi connectivity index (χ0) is 13.5. The minimum atomic E-state index is -0.619. The third-order valence-corrected chi connectivity index (χ3v) is 2.39. The lowest BCUT2D eigenvalue weighted by Crippen LogP contribution is -2.30. The smallest absolute Gasteiger partial charge is 0.389 e. The lowest BCUT2D eigenvalue weighted by molar-refractivity contribution is -0.389. The molecule has 0 aliphatic carbocycles. The number of aromatic nitrogens is 2. The van der Waals surface area contributed by atoms with Gasteiger partial charge in [0.2, 0.25) is 5.91 Å². The van der Waals surface area contributed by atoms with Crippen molar-refractivity contribution in [2.45, 2.75) is 32.4 Å². The summed E-state index contributed by atoms with van der Waals surface area (Å²) in [6.45, 7) is 2.16. The van der Waals surface area contributed by atoms with Crippen LogP contribution in [0, 0.1) is 10.1 Å². The number of amides is 1. The van der Waals surface area contributed by atoms with Crippen molar-refractivity contribution in [3.63, 3.8) is 0 Å². The van der Waals surface area contributed by atoms with Crippen molar-refractivity contribution < 1.29 is 14.8 Å². The Morgan fingerprint density at radius 1 is 1.72 bits per heavy atom. The molecule has 1 aromatic rings. The average molecular weight is 256 g/mol. The van der Waals surface area contributed by atoms with E-state index in [2.05, 4.69) is 10.4 Å². The maximum atomic E-state index is 11.4. The SMILES string of the molecule is CCC(O)CCNC(=O)Cn1ccc([N+](=O)[O-])n1. The van der Waals surface area contributed by atoms with Gasteiger partial charge in [0.25, 0.3) is 0 Å². The number of nitrogens with zero attached hydrogens (tertiary/aromatic N) is 3. The molecule has 0 radical (unpaired) electrons. The number of carbonyl (C=O) groups excluding carboxylic acids is 1. The minimum absolute atomic E-state index is 0.0734. The first-order chi connectivity index (χ1) is 8.52. The van der Waals surface area contributed by atoms with Gasteiger partial charge in [-0.15, -0.1) is 0 Å². The van der Waals surface area contributed by atoms with Crippen LogP contribution in [0.5, 0.6) is 0 Å². The molecule has 0 aliphatic heterocycles. The highest BCUT2D eigenvalue weighted by atomic mass is 16.6. The highest BCUT2D eigenvalue weighted by molar-refractivity contribution is 5.75. The molecule has 8 heteroatoms. The van der Waals surface area contributed by atoms with E-state index in [1.165, 1.54) is 16.9 Å². The van der Waals surface area contributed by atoms with E-state index in [4.69, 9.17) is 0 Å². The molecule has 100 valence electrons. The van der Waals surface area contributed by atoms with Gasteiger partial charge in [0.15, 0.2) is 0 Å². The molecule has 0 aromatic carbocycles. The summed E-state index contributed by atoms with van der Waals surface area (Å²) in [5.41, 5.74) is 0. The number of hydrogen-bond donors (Lipinski definition) is 2. The predicted octanol–water partition coefficient (Wildman–Crippen LogP) is 0.0685. The van der Waals surface area contributed by atoms with Crippen molar-refractivity contribution in [1.82, 2.24) is 15.1 Å². The largest absolute Gasteiger partial charge is 0.393 e. The fourth-order valence-corrected chi connectivity index (χ4v) is 1.32. The highest BCUT2D eigenvalue weighted by Gasteiger charge is 2.13. The molecule has 0 saturated carbocycles. The Kier molecular flexibility index (Phi) is 5.25. The first-order valence-corrected chi connectivity index (χ1v) is 5.65. The van der Waals surface area contributed by atoms with Crippen LogP contribution in [0.2, 0.25) is 0 Å². The Labute approximate surface area is 104 Å². The fraction of sp³-hybridized carbons (Fsp3) is 0.600. The van der Waals surface area contributed by atoms with Crippen LogP contribution in [0.1, 0.15) is 19.8 Å². The molecule has 0 bridgehead atoms. The van der Waals surface area contributed by atoms with Crippen LogP contribution in [0.3, 0.4) is 0 Å². The first-order valence-electron chi connectivity index (χ1n) is 5.65. The van der Waals surface area contributed by atoms with Gasteiger partial charge in [0.1, 0.15) is 6.54 Å². The first kappa shape index (κ1) is 14.1. The van der Waals surface area contributed by atoms with Gasteiger partial charge >= 0.3 is 5.82 Å². The van der Waals surface area contributed by atoms with Crippen molar-refractivity contribution >= 4 is 11.7 Å². The monoisotopic (exact) mass is 256 g/mol. The van der Waals surface area contributed by atoms with Gasteiger partial charge in [0, 0.05) is 6.54 Å². The topological polar surface area (TPSA) is 110 Å². The van der Waals surface area contributed by atoms with E-state index < -0.39 is 11.0 Å². The van der Waals surface area contributed by atoms with Crippen molar-refractivity contribution in [3.05, 3.63) is 22.4 Å². The second-order valence-corrected chi connectivity index (χ2v) is 3.83. The lowest BCUT2D eigenvalue weighted by Gasteiger charge is -2.07. The number of carbonyl (C=O) groups is 1. The third-order valence-electron chi connectivity index (χ3n) is 2.39. The molecule has 0 saturated heterocycles. The average Bonchev–Trinajstić information content (AvgIpc) is 2.77. The van der Waals surface area contributed by atoms with Crippen molar-refractivity contribution in [2.75, 3.05) is 6.54 Å². The van der Waals surface area contributed by atoms with Gasteiger partial charge in [-0.3, -0.25) is 4.79 Å². The summed E-state index contributed by atoms with van der Waals surface area (Å²) in [6, 6.07) is 1.23. The number of nitro groups is 1.